The van der Waals surface area contributed by atoms with Crippen LogP contribution in [0.15, 0.2) is 164 Å². The second-order valence-corrected chi connectivity index (χ2v) is 42.4. The van der Waals surface area contributed by atoms with Gasteiger partial charge in [-0.2, -0.15) is 13.7 Å². The third-order valence-corrected chi connectivity index (χ3v) is 27.5. The molecular formula is C92H107Br3ClF10N17O16S5. The molecule has 0 atom stereocenters. The number of unbranched alkanes of at least 4 members (excludes halogenated alkanes) is 1. The van der Waals surface area contributed by atoms with Crippen LogP contribution in [0.1, 0.15) is 99.5 Å². The summed E-state index contributed by atoms with van der Waals surface area (Å²) in [4.78, 5) is 55.5. The molecule has 0 saturated carbocycles. The van der Waals surface area contributed by atoms with E-state index in [0.717, 1.165) is 164 Å². The van der Waals surface area contributed by atoms with Crippen LogP contribution < -0.4 is 67.8 Å². The number of carboxylic acid groups (broad SMARTS) is 1. The van der Waals surface area contributed by atoms with Crippen LogP contribution in [0.3, 0.4) is 0 Å². The second kappa shape index (κ2) is 57.7. The number of hydrogen-bond acceptors (Lipinski definition) is 25. The highest BCUT2D eigenvalue weighted by molar-refractivity contribution is 9.09. The summed E-state index contributed by atoms with van der Waals surface area (Å²) in [7, 11) is -16.3. The Morgan fingerprint density at radius 3 is 1.56 bits per heavy atom. The molecule has 9 aromatic rings. The number of aliphatic hydroxyl groups excluding tert-OH is 1. The number of aromatic carboxylic acids is 1. The van der Waals surface area contributed by atoms with Crippen molar-refractivity contribution in [2.45, 2.75) is 105 Å². The van der Waals surface area contributed by atoms with E-state index in [2.05, 4.69) is 108 Å². The first-order chi connectivity index (χ1) is 67.1. The Kier molecular flexibility index (Phi) is 49.4. The molecule has 0 unspecified atom stereocenters. The molecule has 0 aliphatic carbocycles. The van der Waals surface area contributed by atoms with Crippen molar-refractivity contribution >= 4 is 184 Å². The first-order valence-electron chi connectivity index (χ1n) is 43.3. The molecule has 0 spiro atoms. The monoisotopic (exact) mass is 2330 g/mol. The zero-order chi connectivity index (χ0) is 107. The quantitative estimate of drug-likeness (QED) is 0.00493. The minimum absolute atomic E-state index is 0. The van der Waals surface area contributed by atoms with Crippen LogP contribution >= 0.6 is 59.5 Å². The number of alkyl halides is 2. The number of primary sulfonamides is 3. The molecule has 5 aliphatic rings. The molecule has 144 heavy (non-hydrogen) atoms. The van der Waals surface area contributed by atoms with E-state index >= 15 is 0 Å². The summed E-state index contributed by atoms with van der Waals surface area (Å²) in [6.07, 6.45) is 7.58. The first kappa shape index (κ1) is 123. The highest BCUT2D eigenvalue weighted by atomic mass is 79.9. The molecule has 0 radical (unpaired) electrons. The van der Waals surface area contributed by atoms with E-state index in [1.165, 1.54) is 16.5 Å². The summed E-state index contributed by atoms with van der Waals surface area (Å²) in [5.41, 5.74) is 18.7. The van der Waals surface area contributed by atoms with E-state index in [-0.39, 0.29) is 72.2 Å². The number of sulfonamides is 3. The maximum absolute atomic E-state index is 14.7. The number of benzene rings is 9. The number of piperazine rings is 2. The maximum Gasteiger partial charge on any atom is 0.350 e. The van der Waals surface area contributed by atoms with Gasteiger partial charge in [0, 0.05) is 173 Å². The van der Waals surface area contributed by atoms with Crippen molar-refractivity contribution in [1.82, 2.24) is 15.5 Å². The number of nitriles is 1. The van der Waals surface area contributed by atoms with Gasteiger partial charge in [-0.25, -0.2) is 107 Å². The number of para-hydroxylation sites is 3. The highest BCUT2D eigenvalue weighted by Crippen LogP contribution is 2.37. The summed E-state index contributed by atoms with van der Waals surface area (Å²) in [6, 6.07) is 33.6. The van der Waals surface area contributed by atoms with E-state index in [1.54, 1.807) is 9.80 Å². The van der Waals surface area contributed by atoms with Crippen molar-refractivity contribution in [2.75, 3.05) is 156 Å². The molecule has 16 N–H and O–H groups in total. The Morgan fingerprint density at radius 2 is 1.08 bits per heavy atom. The van der Waals surface area contributed by atoms with Crippen molar-refractivity contribution in [2.24, 2.45) is 25.7 Å². The Bertz CT molecular complexity index is 6740. The summed E-state index contributed by atoms with van der Waals surface area (Å²) in [5, 5.41) is 55.6. The van der Waals surface area contributed by atoms with Gasteiger partial charge < -0.3 is 67.4 Å². The number of carbonyl (C=O) groups excluding carboxylic acids is 3. The van der Waals surface area contributed by atoms with Crippen molar-refractivity contribution in [3.05, 3.63) is 254 Å². The smallest absolute Gasteiger partial charge is 0.350 e. The summed E-state index contributed by atoms with van der Waals surface area (Å²) in [5.74, 6) is -11.6. The van der Waals surface area contributed by atoms with Gasteiger partial charge in [0.15, 0.2) is 27.3 Å². The lowest BCUT2D eigenvalue weighted by atomic mass is 9.87. The fourth-order valence-electron chi connectivity index (χ4n) is 14.9. The highest BCUT2D eigenvalue weighted by Gasteiger charge is 2.35. The molecule has 2 amide bonds. The van der Waals surface area contributed by atoms with Gasteiger partial charge in [0.2, 0.25) is 41.7 Å². The number of carbonyl (C=O) groups is 3. The minimum atomic E-state index is -4.37. The number of halogens is 14. The number of fused-ring (bicyclic) bond motifs is 1. The fourth-order valence-corrected chi connectivity index (χ4v) is 19.1. The lowest BCUT2D eigenvalue weighted by molar-refractivity contribution is -0.114. The molecule has 784 valence electrons. The van der Waals surface area contributed by atoms with Crippen LogP contribution in [0, 0.1) is 110 Å². The van der Waals surface area contributed by atoms with Gasteiger partial charge >= 0.3 is 15.2 Å². The van der Waals surface area contributed by atoms with Gasteiger partial charge in [-0.3, -0.25) is 9.59 Å². The molecule has 0 bridgehead atoms. The molecular weight excluding hydrogens is 2220 g/mol. The largest absolute Gasteiger partial charge is 0.478 e. The van der Waals surface area contributed by atoms with Crippen LogP contribution in [-0.4, -0.2) is 202 Å². The molecule has 33 nitrogen and oxygen atoms in total. The van der Waals surface area contributed by atoms with Crippen LogP contribution in [0.4, 0.5) is 95.1 Å². The van der Waals surface area contributed by atoms with Crippen LogP contribution in [0.5, 0.6) is 0 Å². The average molecular weight is 2330 g/mol. The predicted molar refractivity (Wildman–Crippen MR) is 544 cm³/mol. The first-order valence-corrected chi connectivity index (χ1v) is 54.1. The van der Waals surface area contributed by atoms with Gasteiger partial charge in [0.1, 0.15) is 67.2 Å². The van der Waals surface area contributed by atoms with Gasteiger partial charge in [0.05, 0.1) is 56.7 Å². The summed E-state index contributed by atoms with van der Waals surface area (Å²) < 4.78 is 243. The number of hydrogen-bond donors (Lipinski definition) is 11. The molecule has 5 aliphatic heterocycles. The zero-order valence-electron chi connectivity index (χ0n) is 78.0. The third-order valence-electron chi connectivity index (χ3n) is 21.8. The fraction of sp³-hybridized carbons (Fsp3) is 0.348. The number of piperidine rings is 2. The molecule has 0 aromatic heterocycles. The lowest BCUT2D eigenvalue weighted by Gasteiger charge is -2.37. The van der Waals surface area contributed by atoms with Crippen LogP contribution in [0.2, 0.25) is 0 Å². The van der Waals surface area contributed by atoms with E-state index in [0.29, 0.717) is 98.0 Å². The van der Waals surface area contributed by atoms with E-state index in [9.17, 15) is 111 Å². The van der Waals surface area contributed by atoms with Crippen molar-refractivity contribution in [1.29, 1.82) is 5.26 Å². The van der Waals surface area contributed by atoms with Gasteiger partial charge in [0.25, 0.3) is 12.0 Å². The number of sulfone groups is 1. The van der Waals surface area contributed by atoms with Gasteiger partial charge in [-0.15, -0.1) is 17.0 Å². The SMILES string of the molecule is Br.BrCCNCCBr.CCCCO.Cc1cc(C)c(C(=O)O)cc1CC1CCN(c2ccccc2C#N)CC1.NS(=O)(=O)c1cc(F)cc(F)c1N1CCNCC1.Nc1c(F)cc(F)cc1S(N)(=O)=O.Nc1ccc(F)cc1F.O=C1CS(=O)(=O)c2cc(F)cc(F)c2N1.O=C=NS(=O)(=O)Cl.[C-]#[N+]c1ccccc1N1CCC(Nc2cc(C(=O)N3CCN(c4c(F)cc(F)cc4S(N)(=O)=O)CC3)c(C)cc2C)CC1. The van der Waals surface area contributed by atoms with Crippen molar-refractivity contribution in [3.63, 3.8) is 0 Å². The van der Waals surface area contributed by atoms with Crippen LogP contribution in [0.25, 0.3) is 4.85 Å². The number of anilines is 8. The Balaban J connectivity index is 0.000000311. The standard InChI is InChI=1S/C31H34F2N6O3S.C22H24N2O2.C10H13F2N3O2S.C8H5F2NO3S.C6H6F2N2O2S.C6H5F2N.C4H9Br2N.C4H10O.CClNO3S.BrH/c1-20-16-21(2)27(36-23-8-10-37(11-9-23)28-7-5-4-6-26(28)35-3)19-24(20)31(40)39-14-12-38(13-15-39)30-25(33)17-22(32)18-29(30)43(34,41)42;1-15-11-16(2)20(22(25)26)13-19(15)12-17-7-9-24(10-8-17)21-6-4-3-5-18(21)14-23;11-7-5-8(12)10(9(6-7)18(13,16)17)15-3-1-14-2-4-15;9-4-1-5(10)8-6(2-4)15(13,14)3-7(12)11-8;7-3-1-4(8)6(9)5(2-3)13(10,11)12;7-4-1-2-6(9)5(8)3-4;5-1-3-7-4-2-6;1-2-3-4-5;2-7(5,6)3-1-4;/h4-7,16-19,23,36H,8-15H2,1-2H3,(H2,34,41,42);3-6,11,13,17H,7-10,12H2,1-2H3,(H,25,26);5-6,14H,1-4H2,(H2,13,16,17);1-2H,3H2,(H,11,12);1-2H,9H2,(H2,10,11,12);1-3H,9H2;7H,1-4H2;5H,2-4H2,1H3;;1H. The Hall–Kier alpha value is -11.1. The normalized spacial score (nSPS) is 14.4. The number of nitrogens with one attached hydrogen (secondary N) is 4. The number of rotatable bonds is 20. The number of nitrogens with zero attached hydrogens (tertiary/aromatic N) is 8. The Labute approximate surface area is 860 Å². The number of nitrogen functional groups attached to an aromatic ring is 2. The van der Waals surface area contributed by atoms with E-state index in [1.807, 2.05) is 93.6 Å². The van der Waals surface area contributed by atoms with Gasteiger partial charge in [-0.05, 0) is 167 Å². The number of aliphatic hydroxyl groups is 1. The van der Waals surface area contributed by atoms with Crippen molar-refractivity contribution in [3.8, 4) is 6.07 Å². The second-order valence-electron chi connectivity index (χ2n) is 32.1. The van der Waals surface area contributed by atoms with E-state index in [4.69, 9.17) is 38.2 Å². The molecule has 9 aromatic carbocycles. The lowest BCUT2D eigenvalue weighted by Crippen LogP contribution is -2.49. The molecule has 4 fully saturated rings. The summed E-state index contributed by atoms with van der Waals surface area (Å²) in [6.45, 7) is 26.1. The number of nitrogens with two attached hydrogens (primary N) is 5. The third kappa shape index (κ3) is 38.1. The summed E-state index contributed by atoms with van der Waals surface area (Å²) >= 11 is 6.60. The molecule has 14 rings (SSSR count). The minimum Gasteiger partial charge on any atom is -0.478 e. The molecule has 52 heteroatoms. The van der Waals surface area contributed by atoms with E-state index < -0.39 is 156 Å². The molecule has 4 saturated heterocycles. The Morgan fingerprint density at radius 1 is 0.597 bits per heavy atom. The number of aryl methyl sites for hydroxylation is 4. The number of amides is 2. The number of isocyanates is 1. The predicted octanol–water partition coefficient (Wildman–Crippen LogP) is 14.1. The molecule has 5 heterocycles. The maximum atomic E-state index is 14.7. The van der Waals surface area contributed by atoms with Crippen LogP contribution in [-0.2, 0) is 65.2 Å². The van der Waals surface area contributed by atoms with Gasteiger partial charge in [-0.1, -0.05) is 92.1 Å². The average Bonchev–Trinajstić information content (AvgIpc) is 0.793. The number of carboxylic acids is 1. The van der Waals surface area contributed by atoms with Crippen molar-refractivity contribution < 1.29 is 115 Å². The topological polar surface area (TPSA) is 514 Å². The zero-order valence-corrected chi connectivity index (χ0v) is 87.8.